The maximum absolute atomic E-state index is 13.5. The van der Waals surface area contributed by atoms with E-state index in [1.807, 2.05) is 64.4 Å². The van der Waals surface area contributed by atoms with Crippen LogP contribution in [0.15, 0.2) is 79.1 Å². The molecule has 5 aromatic rings. The number of aromatic nitrogens is 2. The first-order chi connectivity index (χ1) is 33.1. The van der Waals surface area contributed by atoms with Crippen molar-refractivity contribution < 1.29 is 47.5 Å². The smallest absolute Gasteiger partial charge is 0.309 e. The van der Waals surface area contributed by atoms with E-state index in [2.05, 4.69) is 34.0 Å². The number of halogens is 2. The number of carbonyl (C=O) groups excluding carboxylic acids is 1. The van der Waals surface area contributed by atoms with Crippen LogP contribution in [0.2, 0.25) is 5.02 Å². The normalized spacial score (nSPS) is 17.9. The van der Waals surface area contributed by atoms with Gasteiger partial charge in [0.25, 0.3) is 0 Å². The van der Waals surface area contributed by atoms with E-state index < -0.39 is 23.7 Å². The molecule has 4 aromatic carbocycles. The molecule has 68 heavy (non-hydrogen) atoms. The second-order valence-electron chi connectivity index (χ2n) is 17.0. The van der Waals surface area contributed by atoms with E-state index in [4.69, 9.17) is 40.0 Å². The number of carboxylic acid groups (broad SMARTS) is 1. The Hall–Kier alpha value is -5.94. The lowest BCUT2D eigenvalue weighted by Gasteiger charge is -2.30. The summed E-state index contributed by atoms with van der Waals surface area (Å²) in [5.74, 6) is 1.42. The summed E-state index contributed by atoms with van der Waals surface area (Å²) in [6, 6.07) is 20.8. The average molecular weight is 958 g/mol. The van der Waals surface area contributed by atoms with Crippen molar-refractivity contribution in [2.24, 2.45) is 5.92 Å². The number of ether oxygens (including phenoxy) is 6. The molecule has 3 aliphatic heterocycles. The minimum Gasteiger partial charge on any atom is -0.497 e. The minimum absolute atomic E-state index is 0.0364. The Morgan fingerprint density at radius 2 is 1.62 bits per heavy atom. The summed E-state index contributed by atoms with van der Waals surface area (Å²) < 4.78 is 46.7. The van der Waals surface area contributed by atoms with Gasteiger partial charge in [-0.3, -0.25) is 19.4 Å². The number of nitrogens with zero attached hydrogens (tertiary/aromatic N) is 5. The van der Waals surface area contributed by atoms with Gasteiger partial charge in [0.2, 0.25) is 12.7 Å². The molecule has 2 saturated heterocycles. The van der Waals surface area contributed by atoms with Crippen LogP contribution in [-0.2, 0) is 14.3 Å². The van der Waals surface area contributed by atoms with Gasteiger partial charge < -0.3 is 43.7 Å². The van der Waals surface area contributed by atoms with Crippen molar-refractivity contribution in [1.82, 2.24) is 24.7 Å². The zero-order valence-corrected chi connectivity index (χ0v) is 40.0. The van der Waals surface area contributed by atoms with Gasteiger partial charge in [-0.05, 0) is 78.9 Å². The molecule has 8 rings (SSSR count). The van der Waals surface area contributed by atoms with Crippen LogP contribution in [0.3, 0.4) is 0 Å². The fraction of sp³-hybridized carbons (Fsp3) is 0.451. The molecule has 15 nitrogen and oxygen atoms in total. The molecule has 2 fully saturated rings. The second-order valence-corrected chi connectivity index (χ2v) is 17.4. The van der Waals surface area contributed by atoms with E-state index in [0.717, 1.165) is 94.6 Å². The maximum atomic E-state index is 13.5. The number of rotatable bonds is 20. The minimum atomic E-state index is -0.882. The number of fused-ring (bicyclic) bond motifs is 2. The number of aliphatic carboxylic acids is 1. The fourth-order valence-corrected chi connectivity index (χ4v) is 9.03. The summed E-state index contributed by atoms with van der Waals surface area (Å²) in [4.78, 5) is 41.3. The highest BCUT2D eigenvalue weighted by Crippen LogP contribution is 2.48. The van der Waals surface area contributed by atoms with Crippen molar-refractivity contribution in [2.45, 2.75) is 57.9 Å². The molecule has 0 radical (unpaired) electrons. The molecule has 3 atom stereocenters. The monoisotopic (exact) mass is 956 g/mol. The van der Waals surface area contributed by atoms with Gasteiger partial charge in [0.1, 0.15) is 23.7 Å². The van der Waals surface area contributed by atoms with Gasteiger partial charge in [0.05, 0.1) is 57.0 Å². The lowest BCUT2D eigenvalue weighted by molar-refractivity contribution is -0.144. The van der Waals surface area contributed by atoms with Gasteiger partial charge in [-0.2, -0.15) is 0 Å². The largest absolute Gasteiger partial charge is 0.497 e. The zero-order valence-electron chi connectivity index (χ0n) is 39.3. The van der Waals surface area contributed by atoms with Gasteiger partial charge in [0, 0.05) is 68.4 Å². The van der Waals surface area contributed by atoms with Gasteiger partial charge >= 0.3 is 5.97 Å². The standard InChI is InChI=1S/C29H38N2O6.C22H24ClFN4O3/c1-4-6-14-30(15-7-5-2)26(32)18-31-17-23(21-10-13-24-25(16-21)37-19-36-24)27(29(33)34)28(31)20-8-11-22(35-3)12-9-20;1-29-20-13-19-16(12-21(20)31-8-2-5-28-6-9-30-10-7-28)22(26-14-25-19)27-15-3-4-18(24)17(23)11-15/h8-13,16,23,27-28H,4-7,14-15,17-19H2,1-3H3,(H,33,34);3-4,11-14H,2,5-10H2,1H3,(H,25,26,27)/t23-,27-,28+;/m1./s1. The van der Waals surface area contributed by atoms with Crippen LogP contribution in [-0.4, -0.2) is 128 Å². The van der Waals surface area contributed by atoms with Crippen molar-refractivity contribution in [1.29, 1.82) is 0 Å². The quantitative estimate of drug-likeness (QED) is 0.0713. The molecule has 17 heteroatoms. The van der Waals surface area contributed by atoms with Crippen LogP contribution in [0.1, 0.15) is 69.0 Å². The van der Waals surface area contributed by atoms with Crippen LogP contribution in [0, 0.1) is 11.7 Å². The maximum Gasteiger partial charge on any atom is 0.309 e. The molecule has 0 saturated carbocycles. The SMILES string of the molecule is CCCCN(CCCC)C(=O)CN1C[C@H](c2ccc3c(c2)OCO3)[C@@H](C(=O)O)[C@@H]1c1ccc(OC)cc1.COc1cc2ncnc(Nc3ccc(F)c(Cl)c3)c2cc1OCCCN1CCOCC1. The molecule has 1 amide bonds. The van der Waals surface area contributed by atoms with Crippen molar-refractivity contribution in [2.75, 3.05) is 92.0 Å². The van der Waals surface area contributed by atoms with Crippen molar-refractivity contribution in [3.05, 3.63) is 101 Å². The molecular formula is C51H62ClFN6O9. The molecule has 1 aromatic heterocycles. The first-order valence-corrected chi connectivity index (χ1v) is 23.7. The third kappa shape index (κ3) is 12.6. The first kappa shape index (κ1) is 50.0. The molecule has 4 heterocycles. The Morgan fingerprint density at radius 3 is 2.31 bits per heavy atom. The fourth-order valence-electron chi connectivity index (χ4n) is 8.85. The number of hydrogen-bond donors (Lipinski definition) is 2. The number of likely N-dealkylation sites (tertiary alicyclic amines) is 1. The number of carbonyl (C=O) groups is 2. The van der Waals surface area contributed by atoms with E-state index in [1.165, 1.54) is 18.5 Å². The highest BCUT2D eigenvalue weighted by atomic mass is 35.5. The van der Waals surface area contributed by atoms with Crippen molar-refractivity contribution in [3.63, 3.8) is 0 Å². The van der Waals surface area contributed by atoms with E-state index in [-0.39, 0.29) is 30.2 Å². The number of hydrogen-bond acceptors (Lipinski definition) is 13. The van der Waals surface area contributed by atoms with Crippen LogP contribution in [0.5, 0.6) is 28.7 Å². The lowest BCUT2D eigenvalue weighted by Crippen LogP contribution is -2.42. The predicted molar refractivity (Wildman–Crippen MR) is 258 cm³/mol. The summed E-state index contributed by atoms with van der Waals surface area (Å²) in [5, 5.41) is 14.4. The Balaban J connectivity index is 0.000000204. The molecule has 3 aliphatic rings. The van der Waals surface area contributed by atoms with Gasteiger partial charge in [-0.15, -0.1) is 0 Å². The van der Waals surface area contributed by atoms with Crippen LogP contribution < -0.4 is 29.0 Å². The summed E-state index contributed by atoms with van der Waals surface area (Å²) >= 11 is 5.90. The van der Waals surface area contributed by atoms with Gasteiger partial charge in [0.15, 0.2) is 23.0 Å². The summed E-state index contributed by atoms with van der Waals surface area (Å²) in [6.45, 7) is 11.5. The van der Waals surface area contributed by atoms with Crippen LogP contribution in [0.4, 0.5) is 15.9 Å². The zero-order chi connectivity index (χ0) is 48.0. The van der Waals surface area contributed by atoms with E-state index in [1.54, 1.807) is 20.3 Å². The van der Waals surface area contributed by atoms with Crippen LogP contribution in [0.25, 0.3) is 10.9 Å². The third-order valence-corrected chi connectivity index (χ3v) is 12.8. The number of morpholine rings is 1. The Labute approximate surface area is 402 Å². The highest BCUT2D eigenvalue weighted by molar-refractivity contribution is 6.31. The number of methoxy groups -OCH3 is 2. The first-order valence-electron chi connectivity index (χ1n) is 23.4. The van der Waals surface area contributed by atoms with Crippen LogP contribution >= 0.6 is 11.6 Å². The van der Waals surface area contributed by atoms with Crippen molar-refractivity contribution >= 4 is 45.9 Å². The Bertz CT molecular complexity index is 2450. The van der Waals surface area contributed by atoms with Gasteiger partial charge in [-0.25, -0.2) is 14.4 Å². The number of anilines is 2. The lowest BCUT2D eigenvalue weighted by atomic mass is 9.82. The average Bonchev–Trinajstić information content (AvgIpc) is 3.99. The molecular weight excluding hydrogens is 895 g/mol. The molecule has 0 aliphatic carbocycles. The van der Waals surface area contributed by atoms with E-state index in [9.17, 15) is 19.1 Å². The molecule has 0 spiro atoms. The molecule has 2 N–H and O–H groups in total. The molecule has 0 unspecified atom stereocenters. The Kier molecular flexibility index (Phi) is 17.9. The number of benzene rings is 4. The number of amides is 1. The third-order valence-electron chi connectivity index (χ3n) is 12.5. The molecule has 364 valence electrons. The van der Waals surface area contributed by atoms with Gasteiger partial charge in [-0.1, -0.05) is 56.5 Å². The van der Waals surface area contributed by atoms with Crippen molar-refractivity contribution in [3.8, 4) is 28.7 Å². The van der Waals surface area contributed by atoms with E-state index in [0.29, 0.717) is 58.9 Å². The molecule has 0 bridgehead atoms. The number of unbranched alkanes of at least 4 members (excludes halogenated alkanes) is 2. The summed E-state index contributed by atoms with van der Waals surface area (Å²) in [7, 11) is 3.20. The summed E-state index contributed by atoms with van der Waals surface area (Å²) in [6.07, 6.45) is 6.29. The summed E-state index contributed by atoms with van der Waals surface area (Å²) in [5.41, 5.74) is 3.05. The van der Waals surface area contributed by atoms with E-state index >= 15 is 0 Å². The number of nitrogens with one attached hydrogen (secondary N) is 1. The highest BCUT2D eigenvalue weighted by Gasteiger charge is 2.48. The number of carboxylic acids is 1. The topological polar surface area (TPSA) is 157 Å². The second kappa shape index (κ2) is 24.4. The predicted octanol–water partition coefficient (Wildman–Crippen LogP) is 8.97. The Morgan fingerprint density at radius 1 is 0.882 bits per heavy atom.